The number of amides is 1. The second kappa shape index (κ2) is 7.60. The lowest BCUT2D eigenvalue weighted by Gasteiger charge is -2.06. The fourth-order valence-corrected chi connectivity index (χ4v) is 3.13. The number of nitrogens with zero attached hydrogens (tertiary/aromatic N) is 4. The van der Waals surface area contributed by atoms with Gasteiger partial charge in [0.25, 0.3) is 0 Å². The average molecular weight is 359 g/mol. The van der Waals surface area contributed by atoms with Crippen LogP contribution >= 0.6 is 11.3 Å². The van der Waals surface area contributed by atoms with Crippen LogP contribution < -0.4 is 5.32 Å². The van der Waals surface area contributed by atoms with Gasteiger partial charge >= 0.3 is 0 Å². The Labute approximate surface area is 150 Å². The van der Waals surface area contributed by atoms with E-state index >= 15 is 0 Å². The fraction of sp³-hybridized carbons (Fsp3) is 0.412. The van der Waals surface area contributed by atoms with Crippen LogP contribution in [0.3, 0.4) is 0 Å². The highest BCUT2D eigenvalue weighted by atomic mass is 32.1. The van der Waals surface area contributed by atoms with Crippen molar-refractivity contribution in [1.82, 2.24) is 25.2 Å². The molecule has 0 saturated heterocycles. The van der Waals surface area contributed by atoms with Crippen LogP contribution in [0, 0.1) is 20.8 Å². The van der Waals surface area contributed by atoms with Crippen LogP contribution in [0.5, 0.6) is 0 Å². The first-order chi connectivity index (χ1) is 12.0. The molecule has 0 saturated carbocycles. The lowest BCUT2D eigenvalue weighted by molar-refractivity contribution is -0.121. The first-order valence-electron chi connectivity index (χ1n) is 8.18. The van der Waals surface area contributed by atoms with Crippen molar-refractivity contribution in [3.05, 3.63) is 40.4 Å². The number of rotatable bonds is 7. The third-order valence-electron chi connectivity index (χ3n) is 4.16. The van der Waals surface area contributed by atoms with Crippen LogP contribution in [-0.4, -0.2) is 32.4 Å². The summed E-state index contributed by atoms with van der Waals surface area (Å²) < 4.78 is 7.12. The molecule has 0 aliphatic rings. The van der Waals surface area contributed by atoms with E-state index in [2.05, 4.69) is 27.5 Å². The number of carbonyl (C=O) groups excluding carboxylic acids is 1. The van der Waals surface area contributed by atoms with E-state index in [0.29, 0.717) is 37.6 Å². The van der Waals surface area contributed by atoms with Gasteiger partial charge in [-0.1, -0.05) is 11.2 Å². The van der Waals surface area contributed by atoms with Gasteiger partial charge in [-0.25, -0.2) is 0 Å². The Balaban J connectivity index is 1.43. The SMILES string of the molecule is Cc1nn(CCNC(=O)CCc2nc(-c3cccs3)no2)c(C)c1C. The molecule has 3 aromatic rings. The molecule has 25 heavy (non-hydrogen) atoms. The maximum atomic E-state index is 12.0. The van der Waals surface area contributed by atoms with Crippen molar-refractivity contribution >= 4 is 17.2 Å². The number of aryl methyl sites for hydroxylation is 2. The maximum Gasteiger partial charge on any atom is 0.227 e. The second-order valence-corrected chi connectivity index (χ2v) is 6.81. The number of aromatic nitrogens is 4. The molecule has 8 heteroatoms. The van der Waals surface area contributed by atoms with E-state index in [1.807, 2.05) is 36.0 Å². The molecule has 3 aromatic heterocycles. The normalized spacial score (nSPS) is 11.0. The number of hydrogen-bond acceptors (Lipinski definition) is 6. The summed E-state index contributed by atoms with van der Waals surface area (Å²) in [6.07, 6.45) is 0.755. The monoisotopic (exact) mass is 359 g/mol. The van der Waals surface area contributed by atoms with Crippen molar-refractivity contribution < 1.29 is 9.32 Å². The van der Waals surface area contributed by atoms with E-state index in [0.717, 1.165) is 16.3 Å². The molecule has 1 N–H and O–H groups in total. The van der Waals surface area contributed by atoms with Gasteiger partial charge in [0.1, 0.15) is 0 Å². The molecule has 3 heterocycles. The fourth-order valence-electron chi connectivity index (χ4n) is 2.48. The molecule has 0 unspecified atom stereocenters. The standard InChI is InChI=1S/C17H21N5O2S/c1-11-12(2)20-22(13(11)3)9-8-18-15(23)6-7-16-19-17(21-24-16)14-5-4-10-25-14/h4-5,10H,6-9H2,1-3H3,(H,18,23). The highest BCUT2D eigenvalue weighted by Crippen LogP contribution is 2.21. The maximum absolute atomic E-state index is 12.0. The Morgan fingerprint density at radius 1 is 1.36 bits per heavy atom. The Kier molecular flexibility index (Phi) is 5.28. The van der Waals surface area contributed by atoms with E-state index in [-0.39, 0.29) is 5.91 Å². The summed E-state index contributed by atoms with van der Waals surface area (Å²) in [5.41, 5.74) is 3.37. The van der Waals surface area contributed by atoms with Crippen LogP contribution in [0.15, 0.2) is 22.0 Å². The molecule has 0 aliphatic carbocycles. The van der Waals surface area contributed by atoms with Gasteiger partial charge in [0, 0.05) is 25.1 Å². The largest absolute Gasteiger partial charge is 0.354 e. The van der Waals surface area contributed by atoms with Crippen molar-refractivity contribution in [3.63, 3.8) is 0 Å². The average Bonchev–Trinajstić information content (AvgIpc) is 3.32. The van der Waals surface area contributed by atoms with Gasteiger partial charge in [-0.15, -0.1) is 11.3 Å². The summed E-state index contributed by atoms with van der Waals surface area (Å²) >= 11 is 1.55. The Bertz CT molecular complexity index is 851. The van der Waals surface area contributed by atoms with Crippen molar-refractivity contribution in [3.8, 4) is 10.7 Å². The molecule has 0 bridgehead atoms. The number of thiophene rings is 1. The van der Waals surface area contributed by atoms with Gasteiger partial charge in [-0.05, 0) is 37.8 Å². The second-order valence-electron chi connectivity index (χ2n) is 5.86. The Hall–Kier alpha value is -2.48. The number of carbonyl (C=O) groups is 1. The molecule has 0 radical (unpaired) electrons. The van der Waals surface area contributed by atoms with Gasteiger partial charge < -0.3 is 9.84 Å². The van der Waals surface area contributed by atoms with Crippen LogP contribution in [0.1, 0.15) is 29.3 Å². The minimum atomic E-state index is -0.0332. The van der Waals surface area contributed by atoms with E-state index in [4.69, 9.17) is 4.52 Å². The minimum Gasteiger partial charge on any atom is -0.354 e. The quantitative estimate of drug-likeness (QED) is 0.701. The Morgan fingerprint density at radius 3 is 2.88 bits per heavy atom. The zero-order chi connectivity index (χ0) is 17.8. The molecular weight excluding hydrogens is 338 g/mol. The highest BCUT2D eigenvalue weighted by Gasteiger charge is 2.11. The van der Waals surface area contributed by atoms with Crippen LogP contribution in [0.2, 0.25) is 0 Å². The smallest absolute Gasteiger partial charge is 0.227 e. The first kappa shape index (κ1) is 17.3. The number of nitrogens with one attached hydrogen (secondary N) is 1. The predicted molar refractivity (Wildman–Crippen MR) is 95.4 cm³/mol. The molecular formula is C17H21N5O2S. The summed E-state index contributed by atoms with van der Waals surface area (Å²) in [6, 6.07) is 3.88. The third kappa shape index (κ3) is 4.14. The molecule has 3 rings (SSSR count). The highest BCUT2D eigenvalue weighted by molar-refractivity contribution is 7.13. The first-order valence-corrected chi connectivity index (χ1v) is 9.06. The van der Waals surface area contributed by atoms with Gasteiger partial charge in [0.15, 0.2) is 0 Å². The zero-order valence-electron chi connectivity index (χ0n) is 14.6. The van der Waals surface area contributed by atoms with Crippen LogP contribution in [0.25, 0.3) is 10.7 Å². The summed E-state index contributed by atoms with van der Waals surface area (Å²) in [7, 11) is 0. The lowest BCUT2D eigenvalue weighted by atomic mass is 10.2. The van der Waals surface area contributed by atoms with E-state index in [9.17, 15) is 4.79 Å². The molecule has 0 spiro atoms. The zero-order valence-corrected chi connectivity index (χ0v) is 15.4. The predicted octanol–water partition coefficient (Wildman–Crippen LogP) is 2.67. The summed E-state index contributed by atoms with van der Waals surface area (Å²) in [4.78, 5) is 17.2. The van der Waals surface area contributed by atoms with E-state index in [1.165, 1.54) is 5.56 Å². The lowest BCUT2D eigenvalue weighted by Crippen LogP contribution is -2.28. The third-order valence-corrected chi connectivity index (χ3v) is 5.03. The number of hydrogen-bond donors (Lipinski definition) is 1. The molecule has 0 aromatic carbocycles. The van der Waals surface area contributed by atoms with Gasteiger partial charge in [-0.3, -0.25) is 9.48 Å². The van der Waals surface area contributed by atoms with Crippen molar-refractivity contribution in [2.24, 2.45) is 0 Å². The van der Waals surface area contributed by atoms with Gasteiger partial charge in [0.05, 0.1) is 17.1 Å². The van der Waals surface area contributed by atoms with Crippen molar-refractivity contribution in [1.29, 1.82) is 0 Å². The molecule has 0 fully saturated rings. The molecule has 7 nitrogen and oxygen atoms in total. The van der Waals surface area contributed by atoms with Crippen LogP contribution in [-0.2, 0) is 17.8 Å². The molecule has 132 valence electrons. The van der Waals surface area contributed by atoms with Crippen molar-refractivity contribution in [2.75, 3.05) is 6.54 Å². The molecule has 0 aliphatic heterocycles. The van der Waals surface area contributed by atoms with Crippen LogP contribution in [0.4, 0.5) is 0 Å². The summed E-state index contributed by atoms with van der Waals surface area (Å²) in [6.45, 7) is 7.30. The van der Waals surface area contributed by atoms with E-state index < -0.39 is 0 Å². The summed E-state index contributed by atoms with van der Waals surface area (Å²) in [5, 5.41) is 13.3. The topological polar surface area (TPSA) is 85.8 Å². The minimum absolute atomic E-state index is 0.0332. The van der Waals surface area contributed by atoms with Gasteiger partial charge in [-0.2, -0.15) is 10.1 Å². The molecule has 0 atom stereocenters. The summed E-state index contributed by atoms with van der Waals surface area (Å²) in [5.74, 6) is 1.02. The molecule has 1 amide bonds. The van der Waals surface area contributed by atoms with Crippen molar-refractivity contribution in [2.45, 2.75) is 40.2 Å². The Morgan fingerprint density at radius 2 is 2.20 bits per heavy atom. The van der Waals surface area contributed by atoms with E-state index in [1.54, 1.807) is 11.3 Å². The van der Waals surface area contributed by atoms with Gasteiger partial charge in [0.2, 0.25) is 17.6 Å².